The molecule has 1 aliphatic heterocycles. The first-order chi connectivity index (χ1) is 12.7. The van der Waals surface area contributed by atoms with Gasteiger partial charge >= 0.3 is 5.97 Å². The van der Waals surface area contributed by atoms with Gasteiger partial charge in [-0.2, -0.15) is 0 Å². The molecule has 0 aromatic heterocycles. The Morgan fingerprint density at radius 2 is 1.81 bits per heavy atom. The topological polar surface area (TPSA) is 72.5 Å². The van der Waals surface area contributed by atoms with Crippen LogP contribution in [-0.4, -0.2) is 23.4 Å². The zero-order valence-electron chi connectivity index (χ0n) is 16.9. The van der Waals surface area contributed by atoms with Gasteiger partial charge in [-0.05, 0) is 104 Å². The lowest BCUT2D eigenvalue weighted by Gasteiger charge is -2.61. The number of hydrogen-bond acceptors (Lipinski definition) is 4. The van der Waals surface area contributed by atoms with E-state index in [1.54, 1.807) is 6.08 Å². The van der Waals surface area contributed by atoms with Crippen LogP contribution in [-0.2, 0) is 9.53 Å². The maximum atomic E-state index is 11.6. The Balaban J connectivity index is 1.41. The quantitative estimate of drug-likeness (QED) is 0.542. The van der Waals surface area contributed by atoms with Crippen molar-refractivity contribution in [3.05, 3.63) is 11.6 Å². The van der Waals surface area contributed by atoms with Crippen molar-refractivity contribution in [2.24, 2.45) is 46.2 Å². The fourth-order valence-electron chi connectivity index (χ4n) is 8.47. The van der Waals surface area contributed by atoms with Gasteiger partial charge in [0.25, 0.3) is 0 Å². The fraction of sp³-hybridized carbons (Fsp3) is 0.870. The average molecular weight is 374 g/mol. The molecule has 4 nitrogen and oxygen atoms in total. The van der Waals surface area contributed by atoms with Crippen LogP contribution in [0.25, 0.3) is 0 Å². The molecule has 4 saturated carbocycles. The van der Waals surface area contributed by atoms with Crippen molar-refractivity contribution >= 4 is 5.97 Å². The summed E-state index contributed by atoms with van der Waals surface area (Å²) in [4.78, 5) is 11.6. The number of aliphatic hydroxyl groups is 1. The van der Waals surface area contributed by atoms with Crippen molar-refractivity contribution < 1.29 is 14.6 Å². The van der Waals surface area contributed by atoms with E-state index < -0.39 is 5.72 Å². The minimum atomic E-state index is -0.944. The van der Waals surface area contributed by atoms with E-state index in [1.807, 2.05) is 0 Å². The number of rotatable bonds is 1. The maximum absolute atomic E-state index is 11.6. The number of hydrogen-bond donors (Lipinski definition) is 2. The summed E-state index contributed by atoms with van der Waals surface area (Å²) in [7, 11) is 0. The molecule has 0 bridgehead atoms. The van der Waals surface area contributed by atoms with Crippen LogP contribution in [0.1, 0.15) is 71.6 Å². The Bertz CT molecular complexity index is 685. The highest BCUT2D eigenvalue weighted by Gasteiger charge is 2.61. The highest BCUT2D eigenvalue weighted by Crippen LogP contribution is 2.68. The fourth-order valence-corrected chi connectivity index (χ4v) is 8.47. The van der Waals surface area contributed by atoms with Crippen molar-refractivity contribution in [2.75, 3.05) is 6.61 Å². The number of nitrogens with two attached hydrogens (primary N) is 1. The van der Waals surface area contributed by atoms with Gasteiger partial charge in [-0.15, -0.1) is 0 Å². The lowest BCUT2D eigenvalue weighted by atomic mass is 9.44. The normalized spacial score (nSPS) is 54.6. The molecule has 0 amide bonds. The third-order valence-electron chi connectivity index (χ3n) is 9.89. The van der Waals surface area contributed by atoms with Crippen LogP contribution in [0.5, 0.6) is 0 Å². The second-order valence-corrected chi connectivity index (χ2v) is 11.0. The molecule has 8 atom stereocenters. The van der Waals surface area contributed by atoms with E-state index >= 15 is 0 Å². The van der Waals surface area contributed by atoms with E-state index in [0.717, 1.165) is 37.0 Å². The minimum absolute atomic E-state index is 0.143. The average Bonchev–Trinajstić information content (AvgIpc) is 3.18. The zero-order chi connectivity index (χ0) is 19.0. The SMILES string of the molecule is C[C@]12CC[C@](N)(O)C[C@H]1CC[C@@H]1[C@@H]2CC[C@]2(C)[C@@H](C3=CC(=O)OC3)CC[C@@H]12. The molecule has 4 heteroatoms. The molecule has 0 aromatic carbocycles. The van der Waals surface area contributed by atoms with Crippen molar-refractivity contribution in [3.8, 4) is 0 Å². The third-order valence-corrected chi connectivity index (χ3v) is 9.89. The zero-order valence-corrected chi connectivity index (χ0v) is 16.9. The van der Waals surface area contributed by atoms with Gasteiger partial charge in [-0.1, -0.05) is 13.8 Å². The van der Waals surface area contributed by atoms with Crippen LogP contribution in [0.3, 0.4) is 0 Å². The Labute approximate surface area is 162 Å². The van der Waals surface area contributed by atoms with E-state index in [9.17, 15) is 9.90 Å². The Hall–Kier alpha value is -0.870. The molecular weight excluding hydrogens is 338 g/mol. The summed E-state index contributed by atoms with van der Waals surface area (Å²) in [6.45, 7) is 5.53. The largest absolute Gasteiger partial charge is 0.458 e. The van der Waals surface area contributed by atoms with Crippen molar-refractivity contribution in [2.45, 2.75) is 77.4 Å². The van der Waals surface area contributed by atoms with Gasteiger partial charge in [0.1, 0.15) is 12.3 Å². The monoisotopic (exact) mass is 373 g/mol. The highest BCUT2D eigenvalue weighted by atomic mass is 16.5. The molecule has 0 spiro atoms. The number of cyclic esters (lactones) is 1. The molecule has 5 rings (SSSR count). The molecule has 27 heavy (non-hydrogen) atoms. The predicted octanol–water partition coefficient (Wildman–Crippen LogP) is 3.78. The summed E-state index contributed by atoms with van der Waals surface area (Å²) >= 11 is 0. The van der Waals surface area contributed by atoms with Crippen molar-refractivity contribution in [1.29, 1.82) is 0 Å². The first-order valence-corrected chi connectivity index (χ1v) is 11.1. The maximum Gasteiger partial charge on any atom is 0.331 e. The minimum Gasteiger partial charge on any atom is -0.458 e. The molecule has 4 fully saturated rings. The number of carbonyl (C=O) groups is 1. The predicted molar refractivity (Wildman–Crippen MR) is 103 cm³/mol. The molecule has 1 heterocycles. The van der Waals surface area contributed by atoms with Crippen molar-refractivity contribution in [1.82, 2.24) is 0 Å². The van der Waals surface area contributed by atoms with Crippen LogP contribution in [0.2, 0.25) is 0 Å². The number of ether oxygens (including phenoxy) is 1. The summed E-state index contributed by atoms with van der Waals surface area (Å²) in [5.41, 5.74) is 7.12. The number of carbonyl (C=O) groups excluding carboxylic acids is 1. The van der Waals surface area contributed by atoms with Gasteiger partial charge in [0.15, 0.2) is 0 Å². The van der Waals surface area contributed by atoms with Gasteiger partial charge in [0, 0.05) is 6.08 Å². The van der Waals surface area contributed by atoms with E-state index in [1.165, 1.54) is 44.1 Å². The van der Waals surface area contributed by atoms with Crippen molar-refractivity contribution in [3.63, 3.8) is 0 Å². The van der Waals surface area contributed by atoms with Crippen LogP contribution < -0.4 is 5.73 Å². The van der Waals surface area contributed by atoms with E-state index in [0.29, 0.717) is 29.3 Å². The highest BCUT2D eigenvalue weighted by molar-refractivity contribution is 5.85. The van der Waals surface area contributed by atoms with Gasteiger partial charge in [0.05, 0.1) is 0 Å². The molecular formula is C23H35NO3. The standard InChI is InChI=1S/C23H35NO3/c1-21-9-10-23(24,26)12-15(21)3-4-16-18-6-5-17(14-11-20(25)27-13-14)22(18,2)8-7-19(16)21/h11,15-19,26H,3-10,12-13,24H2,1-2H3/t15-,16+,17-,18+,19+,21+,22-,23+/m1/s1. The third kappa shape index (κ3) is 2.58. The Kier molecular flexibility index (Phi) is 3.92. The summed E-state index contributed by atoms with van der Waals surface area (Å²) in [6.07, 6.45) is 12.0. The summed E-state index contributed by atoms with van der Waals surface area (Å²) in [5.74, 6) is 3.32. The molecule has 0 aromatic rings. The van der Waals surface area contributed by atoms with Crippen LogP contribution in [0.4, 0.5) is 0 Å². The first kappa shape index (κ1) is 18.2. The lowest BCUT2D eigenvalue weighted by Crippen LogP contribution is -2.57. The molecule has 3 N–H and O–H groups in total. The van der Waals surface area contributed by atoms with E-state index in [4.69, 9.17) is 10.5 Å². The van der Waals surface area contributed by atoms with Crippen LogP contribution in [0, 0.1) is 40.4 Å². The second-order valence-electron chi connectivity index (χ2n) is 11.0. The second kappa shape index (κ2) is 5.82. The first-order valence-electron chi connectivity index (χ1n) is 11.1. The Morgan fingerprint density at radius 1 is 1.04 bits per heavy atom. The smallest absolute Gasteiger partial charge is 0.331 e. The number of esters is 1. The molecule has 4 aliphatic carbocycles. The van der Waals surface area contributed by atoms with Gasteiger partial charge in [-0.3, -0.25) is 0 Å². The van der Waals surface area contributed by atoms with Gasteiger partial charge in [0.2, 0.25) is 0 Å². The number of fused-ring (bicyclic) bond motifs is 5. The van der Waals surface area contributed by atoms with Crippen LogP contribution in [0.15, 0.2) is 11.6 Å². The molecule has 0 unspecified atom stereocenters. The van der Waals surface area contributed by atoms with Gasteiger partial charge in [-0.25, -0.2) is 4.79 Å². The molecule has 0 radical (unpaired) electrons. The molecule has 150 valence electrons. The Morgan fingerprint density at radius 3 is 2.56 bits per heavy atom. The summed E-state index contributed by atoms with van der Waals surface area (Å²) < 4.78 is 5.25. The van der Waals surface area contributed by atoms with E-state index in [2.05, 4.69) is 13.8 Å². The molecule has 0 saturated heterocycles. The lowest BCUT2D eigenvalue weighted by molar-refractivity contribution is -0.148. The van der Waals surface area contributed by atoms with Crippen LogP contribution >= 0.6 is 0 Å². The van der Waals surface area contributed by atoms with E-state index in [-0.39, 0.29) is 5.97 Å². The summed E-state index contributed by atoms with van der Waals surface area (Å²) in [6, 6.07) is 0. The summed E-state index contributed by atoms with van der Waals surface area (Å²) in [5, 5.41) is 10.4. The van der Waals surface area contributed by atoms with Gasteiger partial charge < -0.3 is 15.6 Å². The molecule has 5 aliphatic rings.